The zero-order valence-electron chi connectivity index (χ0n) is 9.73. The molecule has 0 aliphatic rings. The highest BCUT2D eigenvalue weighted by molar-refractivity contribution is 9.10. The molecular formula is C10H7BrClN3O4S. The molecule has 0 aliphatic carbocycles. The average Bonchev–Trinajstić information content (AvgIpc) is 2.80. The molecule has 1 aromatic carbocycles. The van der Waals surface area contributed by atoms with Crippen LogP contribution in [-0.2, 0) is 15.6 Å². The van der Waals surface area contributed by atoms with Crippen LogP contribution in [-0.4, -0.2) is 23.1 Å². The summed E-state index contributed by atoms with van der Waals surface area (Å²) in [6, 6.07) is 4.58. The molecule has 7 nitrogen and oxygen atoms in total. The van der Waals surface area contributed by atoms with Crippen molar-refractivity contribution < 1.29 is 13.3 Å². The summed E-state index contributed by atoms with van der Waals surface area (Å²) in [6.45, 7) is 0.175. The lowest BCUT2D eigenvalue weighted by Crippen LogP contribution is -2.02. The maximum atomic E-state index is 11.1. The first-order valence-electron chi connectivity index (χ1n) is 5.18. The van der Waals surface area contributed by atoms with Crippen molar-refractivity contribution in [3.05, 3.63) is 50.7 Å². The third kappa shape index (κ3) is 3.17. The number of nitro groups is 1. The molecule has 1 heterocycles. The summed E-state index contributed by atoms with van der Waals surface area (Å²) >= 11 is 3.16. The van der Waals surface area contributed by atoms with Gasteiger partial charge in [-0.2, -0.15) is 5.10 Å². The standard InChI is InChI=1S/C10H7BrClN3O4S/c11-10-7(2-1-3-9(10)15(16)17)5-14-6-8(4-13-14)20(12,18)19/h1-4,6H,5H2. The molecule has 2 aromatic rings. The molecule has 0 N–H and O–H groups in total. The Labute approximate surface area is 126 Å². The van der Waals surface area contributed by atoms with Gasteiger partial charge < -0.3 is 0 Å². The van der Waals surface area contributed by atoms with E-state index in [0.29, 0.717) is 10.0 Å². The van der Waals surface area contributed by atoms with Gasteiger partial charge in [-0.15, -0.1) is 0 Å². The van der Waals surface area contributed by atoms with Gasteiger partial charge in [-0.3, -0.25) is 14.8 Å². The largest absolute Gasteiger partial charge is 0.283 e. The highest BCUT2D eigenvalue weighted by Gasteiger charge is 2.17. The molecule has 0 radical (unpaired) electrons. The van der Waals surface area contributed by atoms with Gasteiger partial charge in [0.05, 0.1) is 17.7 Å². The molecule has 0 amide bonds. The fourth-order valence-corrected chi connectivity index (χ4v) is 2.76. The van der Waals surface area contributed by atoms with Crippen LogP contribution in [0.25, 0.3) is 0 Å². The van der Waals surface area contributed by atoms with Crippen LogP contribution in [0.3, 0.4) is 0 Å². The van der Waals surface area contributed by atoms with Crippen LogP contribution in [0.2, 0.25) is 0 Å². The highest BCUT2D eigenvalue weighted by Crippen LogP contribution is 2.28. The number of nitrogens with zero attached hydrogens (tertiary/aromatic N) is 3. The van der Waals surface area contributed by atoms with Gasteiger partial charge >= 0.3 is 0 Å². The molecule has 2 rings (SSSR count). The second-order valence-electron chi connectivity index (χ2n) is 3.82. The summed E-state index contributed by atoms with van der Waals surface area (Å²) in [6.07, 6.45) is 2.38. The molecule has 0 aliphatic heterocycles. The van der Waals surface area contributed by atoms with Gasteiger partial charge in [0.15, 0.2) is 0 Å². The molecule has 0 spiro atoms. The molecule has 106 valence electrons. The van der Waals surface area contributed by atoms with Crippen LogP contribution in [0.4, 0.5) is 5.69 Å². The first-order valence-corrected chi connectivity index (χ1v) is 8.28. The van der Waals surface area contributed by atoms with Crippen LogP contribution in [0, 0.1) is 10.1 Å². The van der Waals surface area contributed by atoms with Gasteiger partial charge in [0.25, 0.3) is 14.7 Å². The summed E-state index contributed by atoms with van der Waals surface area (Å²) in [4.78, 5) is 10.2. The van der Waals surface area contributed by atoms with E-state index in [-0.39, 0.29) is 17.1 Å². The minimum absolute atomic E-state index is 0.0696. The SMILES string of the molecule is O=[N+]([O-])c1cccc(Cn2cc(S(=O)(=O)Cl)cn2)c1Br. The fraction of sp³-hybridized carbons (Fsp3) is 0.100. The average molecular weight is 381 g/mol. The summed E-state index contributed by atoms with van der Waals surface area (Å²) in [7, 11) is 1.36. The van der Waals surface area contributed by atoms with E-state index in [9.17, 15) is 18.5 Å². The maximum absolute atomic E-state index is 11.1. The molecule has 0 saturated carbocycles. The van der Waals surface area contributed by atoms with Gasteiger partial charge in [0, 0.05) is 22.9 Å². The number of hydrogen-bond acceptors (Lipinski definition) is 5. The van der Waals surface area contributed by atoms with Crippen molar-refractivity contribution in [3.63, 3.8) is 0 Å². The Morgan fingerprint density at radius 3 is 2.70 bits per heavy atom. The summed E-state index contributed by atoms with van der Waals surface area (Å²) < 4.78 is 23.9. The van der Waals surface area contributed by atoms with Gasteiger partial charge in [-0.05, 0) is 21.5 Å². The van der Waals surface area contributed by atoms with E-state index >= 15 is 0 Å². The summed E-state index contributed by atoms with van der Waals surface area (Å²) in [5.74, 6) is 0. The first kappa shape index (κ1) is 14.9. The lowest BCUT2D eigenvalue weighted by molar-refractivity contribution is -0.385. The minimum atomic E-state index is -3.84. The van der Waals surface area contributed by atoms with Crippen molar-refractivity contribution in [2.24, 2.45) is 0 Å². The predicted octanol–water partition coefficient (Wildman–Crippen LogP) is 2.53. The Hall–Kier alpha value is -1.45. The normalized spacial score (nSPS) is 11.5. The maximum Gasteiger partial charge on any atom is 0.283 e. The van der Waals surface area contributed by atoms with Crippen LogP contribution in [0.5, 0.6) is 0 Å². The van der Waals surface area contributed by atoms with Gasteiger partial charge in [0.2, 0.25) is 0 Å². The molecule has 1 aromatic heterocycles. The van der Waals surface area contributed by atoms with Crippen LogP contribution in [0.15, 0.2) is 40.0 Å². The van der Waals surface area contributed by atoms with Crippen LogP contribution < -0.4 is 0 Å². The second-order valence-corrected chi connectivity index (χ2v) is 7.18. The van der Waals surface area contributed by atoms with Crippen molar-refractivity contribution >= 4 is 41.4 Å². The van der Waals surface area contributed by atoms with Gasteiger partial charge in [-0.1, -0.05) is 12.1 Å². The number of rotatable bonds is 4. The number of halogens is 2. The molecule has 0 unspecified atom stereocenters. The Balaban J connectivity index is 2.34. The van der Waals surface area contributed by atoms with E-state index in [2.05, 4.69) is 21.0 Å². The Morgan fingerprint density at radius 2 is 2.15 bits per heavy atom. The quantitative estimate of drug-likeness (QED) is 0.461. The molecule has 0 bridgehead atoms. The van der Waals surface area contributed by atoms with E-state index in [1.807, 2.05) is 0 Å². The first-order chi connectivity index (χ1) is 9.29. The summed E-state index contributed by atoms with van der Waals surface area (Å²) in [5.41, 5.74) is 0.528. The Morgan fingerprint density at radius 1 is 1.45 bits per heavy atom. The van der Waals surface area contributed by atoms with E-state index in [4.69, 9.17) is 10.7 Å². The number of aromatic nitrogens is 2. The minimum Gasteiger partial charge on any atom is -0.267 e. The third-order valence-electron chi connectivity index (χ3n) is 2.48. The Bertz CT molecular complexity index is 775. The number of hydrogen-bond donors (Lipinski definition) is 0. The number of benzene rings is 1. The van der Waals surface area contributed by atoms with Crippen molar-refractivity contribution in [1.29, 1.82) is 0 Å². The third-order valence-corrected chi connectivity index (χ3v) is 4.70. The zero-order valence-corrected chi connectivity index (χ0v) is 12.9. The van der Waals surface area contributed by atoms with Crippen LogP contribution >= 0.6 is 26.6 Å². The Kier molecular flexibility index (Phi) is 4.11. The lowest BCUT2D eigenvalue weighted by atomic mass is 10.2. The fourth-order valence-electron chi connectivity index (χ4n) is 1.56. The highest BCUT2D eigenvalue weighted by atomic mass is 79.9. The van der Waals surface area contributed by atoms with Gasteiger partial charge in [-0.25, -0.2) is 8.42 Å². The van der Waals surface area contributed by atoms with E-state index in [0.717, 1.165) is 6.20 Å². The zero-order chi connectivity index (χ0) is 14.9. The van der Waals surface area contributed by atoms with Crippen LogP contribution in [0.1, 0.15) is 5.56 Å². The number of nitro benzene ring substituents is 1. The molecule has 0 atom stereocenters. The van der Waals surface area contributed by atoms with Crippen molar-refractivity contribution in [2.75, 3.05) is 0 Å². The smallest absolute Gasteiger partial charge is 0.267 e. The second kappa shape index (κ2) is 5.51. The summed E-state index contributed by atoms with van der Waals surface area (Å²) in [5, 5.41) is 14.7. The van der Waals surface area contributed by atoms with E-state index in [1.54, 1.807) is 12.1 Å². The lowest BCUT2D eigenvalue weighted by Gasteiger charge is -2.05. The van der Waals surface area contributed by atoms with E-state index < -0.39 is 14.0 Å². The molecule has 20 heavy (non-hydrogen) atoms. The van der Waals surface area contributed by atoms with Crippen molar-refractivity contribution in [1.82, 2.24) is 9.78 Å². The topological polar surface area (TPSA) is 95.1 Å². The van der Waals surface area contributed by atoms with Crippen molar-refractivity contribution in [3.8, 4) is 0 Å². The predicted molar refractivity (Wildman–Crippen MR) is 75.2 cm³/mol. The molecule has 10 heteroatoms. The monoisotopic (exact) mass is 379 g/mol. The van der Waals surface area contributed by atoms with Crippen molar-refractivity contribution in [2.45, 2.75) is 11.4 Å². The molecular weight excluding hydrogens is 374 g/mol. The van der Waals surface area contributed by atoms with Gasteiger partial charge in [0.1, 0.15) is 9.37 Å². The molecule has 0 saturated heterocycles. The molecule has 0 fully saturated rings. The van der Waals surface area contributed by atoms with E-state index in [1.165, 1.54) is 16.9 Å².